The van der Waals surface area contributed by atoms with Crippen LogP contribution in [0.3, 0.4) is 0 Å². The van der Waals surface area contributed by atoms with Crippen molar-refractivity contribution in [3.63, 3.8) is 0 Å². The van der Waals surface area contributed by atoms with E-state index in [9.17, 15) is 4.57 Å². The second kappa shape index (κ2) is 5.86. The van der Waals surface area contributed by atoms with Crippen molar-refractivity contribution >= 4 is 7.60 Å². The van der Waals surface area contributed by atoms with Gasteiger partial charge in [0.1, 0.15) is 0 Å². The second-order valence-corrected chi connectivity index (χ2v) is 8.96. The Hall–Kier alpha value is 0.150. The summed E-state index contributed by atoms with van der Waals surface area (Å²) in [7, 11) is -3.02. The van der Waals surface area contributed by atoms with Gasteiger partial charge >= 0.3 is 7.60 Å². The molecule has 4 heteroatoms. The van der Waals surface area contributed by atoms with E-state index in [4.69, 9.17) is 9.05 Å². The number of rotatable bonds is 5. The highest BCUT2D eigenvalue weighted by atomic mass is 31.2. The Bertz CT molecular complexity index is 251. The zero-order valence-corrected chi connectivity index (χ0v) is 13.6. The van der Waals surface area contributed by atoms with Crippen LogP contribution in [0.1, 0.15) is 61.8 Å². The third kappa shape index (κ3) is 9.82. The van der Waals surface area contributed by atoms with Crippen LogP contribution in [-0.2, 0) is 13.6 Å². The topological polar surface area (TPSA) is 35.5 Å². The minimum absolute atomic E-state index is 0.447. The molecule has 0 saturated heterocycles. The van der Waals surface area contributed by atoms with E-state index in [1.54, 1.807) is 0 Å². The monoisotopic (exact) mass is 264 g/mol. The van der Waals surface area contributed by atoms with Crippen LogP contribution >= 0.6 is 7.60 Å². The van der Waals surface area contributed by atoms with Crippen LogP contribution < -0.4 is 0 Å². The van der Waals surface area contributed by atoms with Crippen LogP contribution in [0.5, 0.6) is 0 Å². The summed E-state index contributed by atoms with van der Waals surface area (Å²) < 4.78 is 24.1. The fourth-order valence-electron chi connectivity index (χ4n) is 1.36. The molecule has 0 bridgehead atoms. The van der Waals surface area contributed by atoms with Gasteiger partial charge in [0.05, 0.1) is 17.4 Å². The van der Waals surface area contributed by atoms with Crippen LogP contribution in [0.4, 0.5) is 0 Å². The van der Waals surface area contributed by atoms with Gasteiger partial charge in [-0.1, -0.05) is 13.8 Å². The van der Waals surface area contributed by atoms with Crippen molar-refractivity contribution in [1.29, 1.82) is 0 Å². The molecule has 17 heavy (non-hydrogen) atoms. The van der Waals surface area contributed by atoms with Gasteiger partial charge in [-0.15, -0.1) is 0 Å². The molecule has 0 unspecified atom stereocenters. The van der Waals surface area contributed by atoms with Crippen molar-refractivity contribution < 1.29 is 13.6 Å². The van der Waals surface area contributed by atoms with Crippen molar-refractivity contribution in [1.82, 2.24) is 0 Å². The Balaban J connectivity index is 4.76. The summed E-state index contributed by atoms with van der Waals surface area (Å²) in [4.78, 5) is 0. The molecule has 0 aliphatic heterocycles. The molecule has 0 aromatic carbocycles. The summed E-state index contributed by atoms with van der Waals surface area (Å²) in [5.74, 6) is 0.496. The van der Waals surface area contributed by atoms with E-state index >= 15 is 0 Å². The molecule has 0 N–H and O–H groups in total. The van der Waals surface area contributed by atoms with Gasteiger partial charge in [0.15, 0.2) is 0 Å². The molecule has 0 aliphatic rings. The standard InChI is InChI=1S/C13H29O3P/c1-11(2)9-10-17(14,15-12(3,4)5)16-13(6,7)8/h11H,9-10H2,1-8H3. The molecule has 0 amide bonds. The first-order chi connectivity index (χ1) is 7.33. The molecule has 0 aliphatic carbocycles. The predicted molar refractivity (Wildman–Crippen MR) is 73.6 cm³/mol. The summed E-state index contributed by atoms with van der Waals surface area (Å²) in [6.45, 7) is 15.6. The van der Waals surface area contributed by atoms with Gasteiger partial charge in [0, 0.05) is 0 Å². The molecular weight excluding hydrogens is 235 g/mol. The largest absolute Gasteiger partial charge is 0.331 e. The van der Waals surface area contributed by atoms with E-state index in [2.05, 4.69) is 13.8 Å². The Labute approximate surface area is 107 Å². The van der Waals surface area contributed by atoms with Gasteiger partial charge < -0.3 is 9.05 Å². The summed E-state index contributed by atoms with van der Waals surface area (Å²) in [6.07, 6.45) is 1.34. The molecule has 0 spiro atoms. The second-order valence-electron chi connectivity index (χ2n) is 6.92. The van der Waals surface area contributed by atoms with Crippen LogP contribution in [0, 0.1) is 5.92 Å². The van der Waals surface area contributed by atoms with Gasteiger partial charge in [0.2, 0.25) is 0 Å². The third-order valence-corrected chi connectivity index (χ3v) is 4.26. The van der Waals surface area contributed by atoms with E-state index in [0.717, 1.165) is 6.42 Å². The minimum Gasteiger partial charge on any atom is -0.303 e. The first-order valence-electron chi connectivity index (χ1n) is 6.34. The van der Waals surface area contributed by atoms with E-state index in [1.165, 1.54) is 0 Å². The van der Waals surface area contributed by atoms with Gasteiger partial charge in [-0.3, -0.25) is 4.57 Å². The Morgan fingerprint density at radius 3 is 1.53 bits per heavy atom. The van der Waals surface area contributed by atoms with E-state index < -0.39 is 18.8 Å². The maximum atomic E-state index is 12.7. The van der Waals surface area contributed by atoms with Gasteiger partial charge in [-0.25, -0.2) is 0 Å². The fraction of sp³-hybridized carbons (Fsp3) is 1.00. The Morgan fingerprint density at radius 1 is 0.941 bits per heavy atom. The molecule has 104 valence electrons. The number of hydrogen-bond donors (Lipinski definition) is 0. The minimum atomic E-state index is -3.02. The highest BCUT2D eigenvalue weighted by Crippen LogP contribution is 2.55. The molecule has 0 fully saturated rings. The number of hydrogen-bond acceptors (Lipinski definition) is 3. The molecular formula is C13H29O3P. The third-order valence-electron chi connectivity index (χ3n) is 1.81. The van der Waals surface area contributed by atoms with Crippen molar-refractivity contribution in [2.24, 2.45) is 5.92 Å². The molecule has 0 aromatic rings. The van der Waals surface area contributed by atoms with Gasteiger partial charge in [0.25, 0.3) is 0 Å². The molecule has 0 heterocycles. The van der Waals surface area contributed by atoms with Crippen LogP contribution in [-0.4, -0.2) is 17.4 Å². The summed E-state index contributed by atoms with van der Waals surface area (Å²) in [6, 6.07) is 0. The molecule has 0 saturated carbocycles. The van der Waals surface area contributed by atoms with Gasteiger partial charge in [-0.05, 0) is 53.9 Å². The summed E-state index contributed by atoms with van der Waals surface area (Å²) >= 11 is 0. The van der Waals surface area contributed by atoms with Crippen molar-refractivity contribution in [2.45, 2.75) is 73.0 Å². The maximum Gasteiger partial charge on any atom is 0.331 e. The highest BCUT2D eigenvalue weighted by molar-refractivity contribution is 7.53. The molecule has 0 atom stereocenters. The summed E-state index contributed by atoms with van der Waals surface area (Å²) in [5, 5.41) is 0. The van der Waals surface area contributed by atoms with Crippen molar-refractivity contribution in [2.75, 3.05) is 6.16 Å². The normalized spacial score (nSPS) is 14.4. The first kappa shape index (κ1) is 17.2. The molecule has 0 rings (SSSR count). The lowest BCUT2D eigenvalue weighted by Crippen LogP contribution is -2.25. The SMILES string of the molecule is CC(C)CCP(=O)(OC(C)(C)C)OC(C)(C)C. The maximum absolute atomic E-state index is 12.7. The van der Waals surface area contributed by atoms with Gasteiger partial charge in [-0.2, -0.15) is 0 Å². The van der Waals surface area contributed by atoms with Crippen LogP contribution in [0.2, 0.25) is 0 Å². The Kier molecular flexibility index (Phi) is 5.91. The average molecular weight is 264 g/mol. The highest BCUT2D eigenvalue weighted by Gasteiger charge is 2.34. The van der Waals surface area contributed by atoms with Crippen LogP contribution in [0.15, 0.2) is 0 Å². The lowest BCUT2D eigenvalue weighted by Gasteiger charge is -2.32. The van der Waals surface area contributed by atoms with Crippen molar-refractivity contribution in [3.8, 4) is 0 Å². The average Bonchev–Trinajstić information content (AvgIpc) is 1.93. The lowest BCUT2D eigenvalue weighted by molar-refractivity contribution is 0.0488. The smallest absolute Gasteiger partial charge is 0.303 e. The summed E-state index contributed by atoms with van der Waals surface area (Å²) in [5.41, 5.74) is -0.893. The lowest BCUT2D eigenvalue weighted by atomic mass is 10.2. The zero-order valence-electron chi connectivity index (χ0n) is 12.7. The van der Waals surface area contributed by atoms with E-state index in [1.807, 2.05) is 41.5 Å². The molecule has 0 aromatic heterocycles. The quantitative estimate of drug-likeness (QED) is 0.665. The Morgan fingerprint density at radius 2 is 1.29 bits per heavy atom. The van der Waals surface area contributed by atoms with E-state index in [-0.39, 0.29) is 0 Å². The molecule has 0 radical (unpaired) electrons. The van der Waals surface area contributed by atoms with Crippen LogP contribution in [0.25, 0.3) is 0 Å². The molecule has 3 nitrogen and oxygen atoms in total. The first-order valence-corrected chi connectivity index (χ1v) is 8.06. The fourth-order valence-corrected chi connectivity index (χ4v) is 4.08. The van der Waals surface area contributed by atoms with Crippen molar-refractivity contribution in [3.05, 3.63) is 0 Å². The zero-order chi connectivity index (χ0) is 13.9. The van der Waals surface area contributed by atoms with E-state index in [0.29, 0.717) is 12.1 Å². The predicted octanol–water partition coefficient (Wildman–Crippen LogP) is 4.86.